The molecule has 3 atom stereocenters. The van der Waals surface area contributed by atoms with E-state index in [-0.39, 0.29) is 5.76 Å². The number of allylic oxidation sites excluding steroid dienone is 2. The van der Waals surface area contributed by atoms with Gasteiger partial charge in [-0.15, -0.1) is 0 Å². The van der Waals surface area contributed by atoms with Crippen LogP contribution in [0.3, 0.4) is 0 Å². The molecule has 0 amide bonds. The third-order valence-electron chi connectivity index (χ3n) is 5.04. The maximum atomic E-state index is 12.2. The summed E-state index contributed by atoms with van der Waals surface area (Å²) in [5, 5.41) is 50.3. The molecule has 0 aromatic carbocycles. The first-order valence-electron chi connectivity index (χ1n) is 8.83. The van der Waals surface area contributed by atoms with Crippen LogP contribution in [0, 0.1) is 0 Å². The molecule has 2 saturated carbocycles. The first-order valence-corrected chi connectivity index (χ1v) is 8.83. The maximum absolute atomic E-state index is 12.2. The van der Waals surface area contributed by atoms with Gasteiger partial charge in [0.2, 0.25) is 5.78 Å². The molecule has 0 spiro atoms. The zero-order valence-corrected chi connectivity index (χ0v) is 13.9. The second-order valence-electron chi connectivity index (χ2n) is 6.81. The van der Waals surface area contributed by atoms with E-state index in [1.807, 2.05) is 0 Å². The number of rotatable bonds is 5. The smallest absolute Gasteiger partial charge is 0.228 e. The highest BCUT2D eigenvalue weighted by Gasteiger charge is 2.36. The van der Waals surface area contributed by atoms with Crippen molar-refractivity contribution in [3.63, 3.8) is 0 Å². The number of Topliss-reactive ketones (excluding diaryl/α,β-unsaturated/α-hetero) is 1. The van der Waals surface area contributed by atoms with Crippen molar-refractivity contribution in [2.45, 2.75) is 82.5 Å². The first kappa shape index (κ1) is 19.0. The van der Waals surface area contributed by atoms with Gasteiger partial charge in [-0.1, -0.05) is 12.8 Å². The molecule has 24 heavy (non-hydrogen) atoms. The van der Waals surface area contributed by atoms with E-state index >= 15 is 0 Å². The Hall–Kier alpha value is -1.37. The molecule has 0 aromatic rings. The van der Waals surface area contributed by atoms with Crippen molar-refractivity contribution in [2.75, 3.05) is 0 Å². The number of hydrogen-bond acceptors (Lipinski definition) is 6. The van der Waals surface area contributed by atoms with E-state index in [0.29, 0.717) is 36.8 Å². The van der Waals surface area contributed by atoms with E-state index in [2.05, 4.69) is 0 Å². The lowest BCUT2D eigenvalue weighted by Crippen LogP contribution is -2.44. The molecule has 6 nitrogen and oxygen atoms in total. The maximum Gasteiger partial charge on any atom is 0.228 e. The molecule has 6 heteroatoms. The lowest BCUT2D eigenvalue weighted by atomic mass is 9.89. The average Bonchev–Trinajstić information content (AvgIpc) is 2.65. The number of ketones is 1. The van der Waals surface area contributed by atoms with E-state index in [4.69, 9.17) is 0 Å². The van der Waals surface area contributed by atoms with Crippen molar-refractivity contribution < 1.29 is 30.3 Å². The minimum absolute atomic E-state index is 0.362. The van der Waals surface area contributed by atoms with Crippen molar-refractivity contribution >= 4 is 5.78 Å². The Bertz CT molecular complexity index is 506. The molecule has 0 saturated heterocycles. The fourth-order valence-corrected chi connectivity index (χ4v) is 3.46. The molecule has 0 aliphatic heterocycles. The van der Waals surface area contributed by atoms with Crippen LogP contribution in [-0.2, 0) is 4.79 Å². The zero-order chi connectivity index (χ0) is 17.7. The highest BCUT2D eigenvalue weighted by Crippen LogP contribution is 2.28. The van der Waals surface area contributed by atoms with Crippen LogP contribution < -0.4 is 0 Å². The predicted molar refractivity (Wildman–Crippen MR) is 88.5 cm³/mol. The summed E-state index contributed by atoms with van der Waals surface area (Å²) in [6.07, 6.45) is 2.52. The van der Waals surface area contributed by atoms with Crippen LogP contribution in [0.2, 0.25) is 0 Å². The van der Waals surface area contributed by atoms with Gasteiger partial charge >= 0.3 is 0 Å². The van der Waals surface area contributed by atoms with Crippen LogP contribution in [0.1, 0.15) is 64.2 Å². The number of carbonyl (C=O) groups is 1. The van der Waals surface area contributed by atoms with E-state index < -0.39 is 29.9 Å². The molecule has 0 aromatic heterocycles. The fraction of sp³-hybridized carbons (Fsp3) is 0.722. The summed E-state index contributed by atoms with van der Waals surface area (Å²) < 4.78 is 0. The molecular weight excluding hydrogens is 312 g/mol. The summed E-state index contributed by atoms with van der Waals surface area (Å²) >= 11 is 0. The Balaban J connectivity index is 2.07. The van der Waals surface area contributed by atoms with Gasteiger partial charge in [0, 0.05) is 0 Å². The van der Waals surface area contributed by atoms with Crippen molar-refractivity contribution in [3.8, 4) is 0 Å². The number of aliphatic hydroxyl groups is 5. The molecule has 2 aliphatic carbocycles. The molecule has 136 valence electrons. The molecule has 0 radical (unpaired) electrons. The molecule has 2 aliphatic rings. The quantitative estimate of drug-likeness (QED) is 0.387. The van der Waals surface area contributed by atoms with Crippen LogP contribution in [0.15, 0.2) is 22.7 Å². The van der Waals surface area contributed by atoms with Gasteiger partial charge in [-0.25, -0.2) is 0 Å². The van der Waals surface area contributed by atoms with Gasteiger partial charge in [0.1, 0.15) is 24.1 Å². The molecule has 5 N–H and O–H groups in total. The van der Waals surface area contributed by atoms with Crippen LogP contribution in [0.5, 0.6) is 0 Å². The molecule has 2 fully saturated rings. The Kier molecular flexibility index (Phi) is 6.83. The summed E-state index contributed by atoms with van der Waals surface area (Å²) in [6, 6.07) is 0. The summed E-state index contributed by atoms with van der Waals surface area (Å²) in [5.41, 5.74) is 1.24. The lowest BCUT2D eigenvalue weighted by Gasteiger charge is -2.25. The SMILES string of the molecule is O=C(C(O)=C1CCCCC1)[C@@H](O)[C@H](O)[C@H](O)C(O)=C1CCCCC1. The second-order valence-corrected chi connectivity index (χ2v) is 6.81. The number of hydrogen-bond donors (Lipinski definition) is 5. The predicted octanol–water partition coefficient (Wildman–Crippen LogP) is 2.19. The van der Waals surface area contributed by atoms with Crippen molar-refractivity contribution in [1.82, 2.24) is 0 Å². The minimum atomic E-state index is -1.97. The zero-order valence-electron chi connectivity index (χ0n) is 13.9. The van der Waals surface area contributed by atoms with Crippen LogP contribution in [-0.4, -0.2) is 49.6 Å². The largest absolute Gasteiger partial charge is 0.509 e. The highest BCUT2D eigenvalue weighted by molar-refractivity contribution is 5.97. The molecule has 0 heterocycles. The highest BCUT2D eigenvalue weighted by atomic mass is 16.4. The van der Waals surface area contributed by atoms with E-state index in [1.165, 1.54) is 0 Å². The Morgan fingerprint density at radius 2 is 1.17 bits per heavy atom. The van der Waals surface area contributed by atoms with E-state index in [0.717, 1.165) is 38.5 Å². The van der Waals surface area contributed by atoms with E-state index in [9.17, 15) is 30.3 Å². The van der Waals surface area contributed by atoms with Crippen LogP contribution in [0.25, 0.3) is 0 Å². The lowest BCUT2D eigenvalue weighted by molar-refractivity contribution is -0.136. The Morgan fingerprint density at radius 1 is 0.708 bits per heavy atom. The van der Waals surface area contributed by atoms with Crippen LogP contribution >= 0.6 is 0 Å². The van der Waals surface area contributed by atoms with Crippen molar-refractivity contribution in [3.05, 3.63) is 22.7 Å². The molecular formula is C18H28O6. The van der Waals surface area contributed by atoms with Gasteiger partial charge in [0.25, 0.3) is 0 Å². The first-order chi connectivity index (χ1) is 11.4. The molecule has 0 bridgehead atoms. The van der Waals surface area contributed by atoms with Gasteiger partial charge in [-0.05, 0) is 62.5 Å². The normalized spacial score (nSPS) is 22.6. The summed E-state index contributed by atoms with van der Waals surface area (Å²) in [6.45, 7) is 0. The van der Waals surface area contributed by atoms with Gasteiger partial charge in [-0.3, -0.25) is 4.79 Å². The standard InChI is InChI=1S/C18H28O6/c19-13(11-7-3-1-4-8-11)15(21)17(23)18(24)16(22)14(20)12-9-5-2-6-10-12/h15,17-21,23-24H,1-10H2/t15-,17-,18-/m1/s1. The number of aliphatic hydroxyl groups excluding tert-OH is 5. The van der Waals surface area contributed by atoms with Crippen LogP contribution in [0.4, 0.5) is 0 Å². The minimum Gasteiger partial charge on any atom is -0.509 e. The third kappa shape index (κ3) is 4.37. The summed E-state index contributed by atoms with van der Waals surface area (Å²) in [7, 11) is 0. The second kappa shape index (κ2) is 8.65. The topological polar surface area (TPSA) is 118 Å². The van der Waals surface area contributed by atoms with E-state index in [1.54, 1.807) is 0 Å². The number of carbonyl (C=O) groups excluding carboxylic acids is 1. The van der Waals surface area contributed by atoms with Crippen molar-refractivity contribution in [1.29, 1.82) is 0 Å². The Morgan fingerprint density at radius 3 is 1.67 bits per heavy atom. The van der Waals surface area contributed by atoms with Gasteiger partial charge < -0.3 is 25.5 Å². The average molecular weight is 340 g/mol. The summed E-state index contributed by atoms with van der Waals surface area (Å²) in [5.74, 6) is -1.88. The fourth-order valence-electron chi connectivity index (χ4n) is 3.46. The molecule has 2 rings (SSSR count). The molecule has 0 unspecified atom stereocenters. The monoisotopic (exact) mass is 340 g/mol. The third-order valence-corrected chi connectivity index (χ3v) is 5.04. The van der Waals surface area contributed by atoms with Crippen molar-refractivity contribution in [2.24, 2.45) is 0 Å². The van der Waals surface area contributed by atoms with Gasteiger partial charge in [0.15, 0.2) is 5.76 Å². The summed E-state index contributed by atoms with van der Waals surface area (Å²) in [4.78, 5) is 12.2. The van der Waals surface area contributed by atoms with Gasteiger partial charge in [-0.2, -0.15) is 0 Å². The van der Waals surface area contributed by atoms with Gasteiger partial charge in [0.05, 0.1) is 0 Å². The Labute approximate surface area is 142 Å².